The molecule has 1 aromatic rings. The molecule has 0 aliphatic rings. The number of hydrogen-bond donors (Lipinski definition) is 1. The summed E-state index contributed by atoms with van der Waals surface area (Å²) >= 11 is 0. The van der Waals surface area contributed by atoms with Crippen molar-refractivity contribution in [3.8, 4) is 0 Å². The standard InChI is InChI=1S/C8H12N4O3/c1-3-9-8(13)5-11-6(2)4-7(10-11)12(14)15/h4H,3,5H2,1-2H3,(H,9,13). The maximum absolute atomic E-state index is 11.2. The van der Waals surface area contributed by atoms with Gasteiger partial charge in [-0.05, 0) is 18.8 Å². The Morgan fingerprint density at radius 3 is 2.87 bits per heavy atom. The largest absolute Gasteiger partial charge is 0.390 e. The minimum absolute atomic E-state index is 0.00745. The molecule has 7 nitrogen and oxygen atoms in total. The molecule has 1 rings (SSSR count). The fraction of sp³-hybridized carbons (Fsp3) is 0.500. The molecule has 0 aromatic carbocycles. The van der Waals surface area contributed by atoms with Crippen LogP contribution < -0.4 is 5.32 Å². The Bertz CT molecular complexity index is 385. The summed E-state index contributed by atoms with van der Waals surface area (Å²) in [6.07, 6.45) is 0. The van der Waals surface area contributed by atoms with E-state index in [9.17, 15) is 14.9 Å². The molecule has 0 aliphatic carbocycles. The number of nitro groups is 1. The third kappa shape index (κ3) is 2.76. The SMILES string of the molecule is CCNC(=O)Cn1nc([N+](=O)[O-])cc1C. The molecular formula is C8H12N4O3. The molecule has 0 radical (unpaired) electrons. The van der Waals surface area contributed by atoms with E-state index < -0.39 is 4.92 Å². The fourth-order valence-corrected chi connectivity index (χ4v) is 1.13. The number of aryl methyl sites for hydroxylation is 1. The van der Waals surface area contributed by atoms with Crippen LogP contribution in [0.2, 0.25) is 0 Å². The van der Waals surface area contributed by atoms with E-state index in [1.165, 1.54) is 10.7 Å². The van der Waals surface area contributed by atoms with E-state index in [0.717, 1.165) is 0 Å². The monoisotopic (exact) mass is 212 g/mol. The van der Waals surface area contributed by atoms with Crippen LogP contribution >= 0.6 is 0 Å². The van der Waals surface area contributed by atoms with Crippen molar-refractivity contribution in [3.05, 3.63) is 21.9 Å². The minimum atomic E-state index is -0.582. The second-order valence-electron chi connectivity index (χ2n) is 3.01. The molecule has 0 aliphatic heterocycles. The van der Waals surface area contributed by atoms with Gasteiger partial charge in [0.25, 0.3) is 0 Å². The number of carbonyl (C=O) groups is 1. The second-order valence-corrected chi connectivity index (χ2v) is 3.01. The number of aromatic nitrogens is 2. The highest BCUT2D eigenvalue weighted by atomic mass is 16.6. The zero-order valence-electron chi connectivity index (χ0n) is 8.56. The number of nitrogens with zero attached hydrogens (tertiary/aromatic N) is 3. The van der Waals surface area contributed by atoms with Crippen molar-refractivity contribution < 1.29 is 9.72 Å². The van der Waals surface area contributed by atoms with Crippen molar-refractivity contribution in [2.24, 2.45) is 0 Å². The summed E-state index contributed by atoms with van der Waals surface area (Å²) in [5.41, 5.74) is 0.591. The van der Waals surface area contributed by atoms with Gasteiger partial charge in [0.2, 0.25) is 5.91 Å². The molecule has 1 heterocycles. The molecule has 0 saturated heterocycles. The highest BCUT2D eigenvalue weighted by Gasteiger charge is 2.16. The molecule has 0 spiro atoms. The number of likely N-dealkylation sites (N-methyl/N-ethyl adjacent to an activating group) is 1. The van der Waals surface area contributed by atoms with Crippen molar-refractivity contribution in [1.29, 1.82) is 0 Å². The fourth-order valence-electron chi connectivity index (χ4n) is 1.13. The van der Waals surface area contributed by atoms with E-state index in [2.05, 4.69) is 10.4 Å². The first-order valence-corrected chi connectivity index (χ1v) is 4.50. The molecule has 0 atom stereocenters. The highest BCUT2D eigenvalue weighted by Crippen LogP contribution is 2.10. The summed E-state index contributed by atoms with van der Waals surface area (Å²) < 4.78 is 1.31. The molecule has 0 bridgehead atoms. The predicted molar refractivity (Wildman–Crippen MR) is 52.3 cm³/mol. The third-order valence-electron chi connectivity index (χ3n) is 1.82. The average Bonchev–Trinajstić information content (AvgIpc) is 2.48. The van der Waals surface area contributed by atoms with E-state index in [1.54, 1.807) is 13.8 Å². The number of amides is 1. The number of hydrogen-bond acceptors (Lipinski definition) is 4. The Hall–Kier alpha value is -1.92. The second kappa shape index (κ2) is 4.54. The minimum Gasteiger partial charge on any atom is -0.358 e. The summed E-state index contributed by atoms with van der Waals surface area (Å²) in [6.45, 7) is 4.00. The third-order valence-corrected chi connectivity index (χ3v) is 1.82. The molecule has 1 aromatic heterocycles. The maximum Gasteiger partial charge on any atom is 0.390 e. The summed E-state index contributed by atoms with van der Waals surface area (Å²) in [7, 11) is 0. The van der Waals surface area contributed by atoms with Gasteiger partial charge in [0, 0.05) is 6.54 Å². The quantitative estimate of drug-likeness (QED) is 0.571. The summed E-state index contributed by atoms with van der Waals surface area (Å²) in [4.78, 5) is 21.0. The van der Waals surface area contributed by atoms with Crippen LogP contribution in [0.4, 0.5) is 5.82 Å². The van der Waals surface area contributed by atoms with E-state index in [1.807, 2.05) is 0 Å². The molecule has 1 amide bonds. The number of carbonyl (C=O) groups excluding carboxylic acids is 1. The van der Waals surface area contributed by atoms with Gasteiger partial charge >= 0.3 is 5.82 Å². The van der Waals surface area contributed by atoms with Gasteiger partial charge in [0.15, 0.2) is 0 Å². The van der Waals surface area contributed by atoms with Gasteiger partial charge in [-0.15, -0.1) is 0 Å². The Balaban J connectivity index is 2.77. The van der Waals surface area contributed by atoms with Crippen LogP contribution in [0.5, 0.6) is 0 Å². The Labute approximate surface area is 86.2 Å². The van der Waals surface area contributed by atoms with Crippen molar-refractivity contribution in [2.75, 3.05) is 6.54 Å². The van der Waals surface area contributed by atoms with Crippen molar-refractivity contribution in [1.82, 2.24) is 15.1 Å². The zero-order valence-corrected chi connectivity index (χ0v) is 8.56. The normalized spacial score (nSPS) is 10.0. The summed E-state index contributed by atoms with van der Waals surface area (Å²) in [5, 5.41) is 16.7. The van der Waals surface area contributed by atoms with E-state index in [4.69, 9.17) is 0 Å². The van der Waals surface area contributed by atoms with Gasteiger partial charge in [0.1, 0.15) is 6.54 Å². The van der Waals surface area contributed by atoms with Crippen LogP contribution in [0.15, 0.2) is 6.07 Å². The summed E-state index contributed by atoms with van der Waals surface area (Å²) in [6, 6.07) is 1.33. The maximum atomic E-state index is 11.2. The Morgan fingerprint density at radius 2 is 2.40 bits per heavy atom. The Kier molecular flexibility index (Phi) is 3.37. The first kappa shape index (κ1) is 11.2. The number of rotatable bonds is 4. The average molecular weight is 212 g/mol. The Morgan fingerprint density at radius 1 is 1.73 bits per heavy atom. The highest BCUT2D eigenvalue weighted by molar-refractivity contribution is 5.75. The van der Waals surface area contributed by atoms with Crippen LogP contribution in [0.25, 0.3) is 0 Å². The van der Waals surface area contributed by atoms with E-state index >= 15 is 0 Å². The van der Waals surface area contributed by atoms with Crippen LogP contribution in [0.3, 0.4) is 0 Å². The van der Waals surface area contributed by atoms with Crippen LogP contribution in [-0.4, -0.2) is 27.2 Å². The molecule has 15 heavy (non-hydrogen) atoms. The molecule has 1 N–H and O–H groups in total. The smallest absolute Gasteiger partial charge is 0.358 e. The van der Waals surface area contributed by atoms with Gasteiger partial charge in [-0.25, -0.2) is 0 Å². The van der Waals surface area contributed by atoms with Crippen LogP contribution in [-0.2, 0) is 11.3 Å². The van der Waals surface area contributed by atoms with Gasteiger partial charge in [-0.1, -0.05) is 0 Å². The lowest BCUT2D eigenvalue weighted by Gasteiger charge is -2.00. The van der Waals surface area contributed by atoms with Gasteiger partial charge in [-0.2, -0.15) is 4.68 Å². The van der Waals surface area contributed by atoms with Crippen molar-refractivity contribution in [2.45, 2.75) is 20.4 Å². The van der Waals surface area contributed by atoms with Crippen molar-refractivity contribution >= 4 is 11.7 Å². The lowest BCUT2D eigenvalue weighted by Crippen LogP contribution is -2.27. The van der Waals surface area contributed by atoms with Crippen LogP contribution in [0, 0.1) is 17.0 Å². The lowest BCUT2D eigenvalue weighted by molar-refractivity contribution is -0.389. The molecule has 0 saturated carbocycles. The zero-order chi connectivity index (χ0) is 11.4. The molecular weight excluding hydrogens is 200 g/mol. The van der Waals surface area contributed by atoms with E-state index in [0.29, 0.717) is 12.2 Å². The first-order chi connectivity index (χ1) is 7.04. The topological polar surface area (TPSA) is 90.1 Å². The van der Waals surface area contributed by atoms with Crippen LogP contribution in [0.1, 0.15) is 12.6 Å². The molecule has 82 valence electrons. The lowest BCUT2D eigenvalue weighted by atomic mass is 10.4. The molecule has 0 fully saturated rings. The van der Waals surface area contributed by atoms with E-state index in [-0.39, 0.29) is 18.3 Å². The first-order valence-electron chi connectivity index (χ1n) is 4.50. The van der Waals surface area contributed by atoms with Gasteiger partial charge < -0.3 is 15.4 Å². The molecule has 0 unspecified atom stereocenters. The van der Waals surface area contributed by atoms with Crippen molar-refractivity contribution in [3.63, 3.8) is 0 Å². The molecule has 7 heteroatoms. The van der Waals surface area contributed by atoms with Gasteiger partial charge in [0.05, 0.1) is 16.9 Å². The predicted octanol–water partition coefficient (Wildman–Crippen LogP) is 0.236. The summed E-state index contributed by atoms with van der Waals surface area (Å²) in [5.74, 6) is -0.449. The van der Waals surface area contributed by atoms with Gasteiger partial charge in [-0.3, -0.25) is 4.79 Å². The number of nitrogens with one attached hydrogen (secondary N) is 1.